The van der Waals surface area contributed by atoms with E-state index < -0.39 is 5.54 Å². The van der Waals surface area contributed by atoms with Gasteiger partial charge in [-0.15, -0.1) is 0 Å². The Kier molecular flexibility index (Phi) is 4.62. The number of ether oxygens (including phenoxy) is 2. The molecule has 110 valence electrons. The Labute approximate surface area is 118 Å². The summed E-state index contributed by atoms with van der Waals surface area (Å²) in [5.74, 6) is 0.311. The summed E-state index contributed by atoms with van der Waals surface area (Å²) in [6.45, 7) is -0.0230. The zero-order valence-corrected chi connectivity index (χ0v) is 11.7. The smallest absolute Gasteiger partial charge is 0.325 e. The fraction of sp³-hybridized carbons (Fsp3) is 0.533. The van der Waals surface area contributed by atoms with E-state index in [-0.39, 0.29) is 18.7 Å². The van der Waals surface area contributed by atoms with Crippen molar-refractivity contribution in [1.29, 1.82) is 0 Å². The Hall–Kier alpha value is -1.59. The van der Waals surface area contributed by atoms with Crippen molar-refractivity contribution in [3.63, 3.8) is 0 Å². The van der Waals surface area contributed by atoms with Crippen LogP contribution >= 0.6 is 0 Å². The molecule has 5 nitrogen and oxygen atoms in total. The van der Waals surface area contributed by atoms with Gasteiger partial charge in [0.25, 0.3) is 0 Å². The van der Waals surface area contributed by atoms with Gasteiger partial charge in [-0.05, 0) is 37.0 Å². The lowest BCUT2D eigenvalue weighted by Gasteiger charge is -2.35. The largest absolute Gasteiger partial charge is 0.490 e. The average Bonchev–Trinajstić information content (AvgIpc) is 2.46. The van der Waals surface area contributed by atoms with Crippen molar-refractivity contribution >= 4 is 5.97 Å². The molecule has 1 aliphatic carbocycles. The number of aliphatic hydroxyl groups excluding tert-OH is 1. The van der Waals surface area contributed by atoms with E-state index in [9.17, 15) is 4.79 Å². The maximum absolute atomic E-state index is 11.8. The summed E-state index contributed by atoms with van der Waals surface area (Å²) in [6, 6.07) is 7.30. The molecule has 0 radical (unpaired) electrons. The Morgan fingerprint density at radius 1 is 1.55 bits per heavy atom. The molecule has 20 heavy (non-hydrogen) atoms. The Morgan fingerprint density at radius 3 is 3.05 bits per heavy atom. The van der Waals surface area contributed by atoms with Gasteiger partial charge in [0.2, 0.25) is 0 Å². The number of carbonyl (C=O) groups is 1. The molecule has 1 aromatic carbocycles. The Bertz CT molecular complexity index is 477. The number of nitrogens with two attached hydrogens (primary N) is 1. The van der Waals surface area contributed by atoms with Crippen molar-refractivity contribution in [2.75, 3.05) is 7.11 Å². The van der Waals surface area contributed by atoms with Crippen molar-refractivity contribution in [2.45, 2.75) is 43.9 Å². The number of carbonyl (C=O) groups excluding carboxylic acids is 1. The molecule has 1 fully saturated rings. The number of hydrogen-bond acceptors (Lipinski definition) is 5. The number of esters is 1. The van der Waals surface area contributed by atoms with Gasteiger partial charge in [-0.1, -0.05) is 12.1 Å². The van der Waals surface area contributed by atoms with Gasteiger partial charge in [0.1, 0.15) is 17.4 Å². The van der Waals surface area contributed by atoms with Crippen LogP contribution in [0.15, 0.2) is 24.3 Å². The third-order valence-electron chi connectivity index (χ3n) is 3.72. The lowest BCUT2D eigenvalue weighted by Crippen LogP contribution is -2.54. The first-order valence-corrected chi connectivity index (χ1v) is 6.81. The molecule has 0 saturated heterocycles. The molecule has 1 aromatic rings. The quantitative estimate of drug-likeness (QED) is 0.813. The highest BCUT2D eigenvalue weighted by Crippen LogP contribution is 2.30. The number of methoxy groups -OCH3 is 1. The Morgan fingerprint density at radius 2 is 2.35 bits per heavy atom. The summed E-state index contributed by atoms with van der Waals surface area (Å²) < 4.78 is 10.7. The highest BCUT2D eigenvalue weighted by atomic mass is 16.5. The molecule has 1 aliphatic rings. The van der Waals surface area contributed by atoms with Gasteiger partial charge in [-0.3, -0.25) is 4.79 Å². The molecule has 0 aromatic heterocycles. The zero-order chi connectivity index (χ0) is 14.6. The third kappa shape index (κ3) is 3.29. The first kappa shape index (κ1) is 14.8. The average molecular weight is 279 g/mol. The molecule has 3 N–H and O–H groups in total. The molecule has 2 rings (SSSR count). The van der Waals surface area contributed by atoms with Crippen LogP contribution in [0.4, 0.5) is 0 Å². The fourth-order valence-electron chi connectivity index (χ4n) is 2.65. The molecule has 2 atom stereocenters. The van der Waals surface area contributed by atoms with E-state index in [1.807, 2.05) is 18.2 Å². The normalized spacial score (nSPS) is 26.1. The van der Waals surface area contributed by atoms with Crippen molar-refractivity contribution in [2.24, 2.45) is 5.73 Å². The number of benzene rings is 1. The molecule has 0 amide bonds. The summed E-state index contributed by atoms with van der Waals surface area (Å²) in [5, 5.41) is 9.12. The predicted octanol–water partition coefficient (Wildman–Crippen LogP) is 1.37. The molecular formula is C15H21NO4. The zero-order valence-electron chi connectivity index (χ0n) is 11.7. The maximum Gasteiger partial charge on any atom is 0.325 e. The van der Waals surface area contributed by atoms with E-state index in [0.29, 0.717) is 18.6 Å². The SMILES string of the molecule is COC(=O)C1(N)CCCC(Oc2cccc(CO)c2)C1. The predicted molar refractivity (Wildman–Crippen MR) is 74.2 cm³/mol. The van der Waals surface area contributed by atoms with Crippen LogP contribution in [0.25, 0.3) is 0 Å². The van der Waals surface area contributed by atoms with Crippen LogP contribution < -0.4 is 10.5 Å². The molecule has 1 saturated carbocycles. The first-order chi connectivity index (χ1) is 9.57. The van der Waals surface area contributed by atoms with Crippen LogP contribution in [0.1, 0.15) is 31.2 Å². The van der Waals surface area contributed by atoms with Gasteiger partial charge in [0.05, 0.1) is 13.7 Å². The van der Waals surface area contributed by atoms with E-state index >= 15 is 0 Å². The van der Waals surface area contributed by atoms with Crippen molar-refractivity contribution in [3.8, 4) is 5.75 Å². The highest BCUT2D eigenvalue weighted by molar-refractivity contribution is 5.80. The van der Waals surface area contributed by atoms with Crippen molar-refractivity contribution in [1.82, 2.24) is 0 Å². The summed E-state index contributed by atoms with van der Waals surface area (Å²) in [7, 11) is 1.35. The summed E-state index contributed by atoms with van der Waals surface area (Å²) in [6.07, 6.45) is 2.65. The van der Waals surface area contributed by atoms with Crippen LogP contribution in [0.5, 0.6) is 5.75 Å². The number of rotatable bonds is 4. The van der Waals surface area contributed by atoms with E-state index in [1.165, 1.54) is 7.11 Å². The van der Waals surface area contributed by atoms with Gasteiger partial charge in [-0.25, -0.2) is 0 Å². The van der Waals surface area contributed by atoms with Crippen LogP contribution in [-0.4, -0.2) is 29.8 Å². The highest BCUT2D eigenvalue weighted by Gasteiger charge is 2.41. The molecule has 5 heteroatoms. The van der Waals surface area contributed by atoms with Crippen LogP contribution in [0.3, 0.4) is 0 Å². The second-order valence-corrected chi connectivity index (χ2v) is 5.29. The van der Waals surface area contributed by atoms with Crippen LogP contribution in [-0.2, 0) is 16.1 Å². The summed E-state index contributed by atoms with van der Waals surface area (Å²) >= 11 is 0. The lowest BCUT2D eigenvalue weighted by atomic mass is 9.81. The summed E-state index contributed by atoms with van der Waals surface area (Å²) in [5.41, 5.74) is 5.96. The van der Waals surface area contributed by atoms with E-state index in [0.717, 1.165) is 18.4 Å². The van der Waals surface area contributed by atoms with E-state index in [2.05, 4.69) is 0 Å². The molecular weight excluding hydrogens is 258 g/mol. The minimum absolute atomic E-state index is 0.0230. The fourth-order valence-corrected chi connectivity index (χ4v) is 2.65. The summed E-state index contributed by atoms with van der Waals surface area (Å²) in [4.78, 5) is 11.8. The number of hydrogen-bond donors (Lipinski definition) is 2. The van der Waals surface area contributed by atoms with Crippen molar-refractivity contribution in [3.05, 3.63) is 29.8 Å². The van der Waals surface area contributed by atoms with E-state index in [4.69, 9.17) is 20.3 Å². The maximum atomic E-state index is 11.8. The Balaban J connectivity index is 2.04. The monoisotopic (exact) mass is 279 g/mol. The first-order valence-electron chi connectivity index (χ1n) is 6.81. The van der Waals surface area contributed by atoms with Gasteiger partial charge >= 0.3 is 5.97 Å². The van der Waals surface area contributed by atoms with E-state index in [1.54, 1.807) is 6.07 Å². The molecule has 0 bridgehead atoms. The second kappa shape index (κ2) is 6.24. The topological polar surface area (TPSA) is 81.8 Å². The van der Waals surface area contributed by atoms with Crippen LogP contribution in [0, 0.1) is 0 Å². The lowest BCUT2D eigenvalue weighted by molar-refractivity contribution is -0.149. The minimum atomic E-state index is -0.952. The number of aliphatic hydroxyl groups is 1. The van der Waals surface area contributed by atoms with Gasteiger partial charge in [-0.2, -0.15) is 0 Å². The molecule has 0 heterocycles. The van der Waals surface area contributed by atoms with Crippen molar-refractivity contribution < 1.29 is 19.4 Å². The van der Waals surface area contributed by atoms with Gasteiger partial charge in [0, 0.05) is 6.42 Å². The molecule has 0 spiro atoms. The van der Waals surface area contributed by atoms with Gasteiger partial charge < -0.3 is 20.3 Å². The minimum Gasteiger partial charge on any atom is -0.490 e. The third-order valence-corrected chi connectivity index (χ3v) is 3.72. The second-order valence-electron chi connectivity index (χ2n) is 5.29. The molecule has 0 aliphatic heterocycles. The molecule has 2 unspecified atom stereocenters. The standard InChI is InChI=1S/C15H21NO4/c1-19-14(18)15(16)7-3-6-13(9-15)20-12-5-2-4-11(8-12)10-17/h2,4-5,8,13,17H,3,6-7,9-10,16H2,1H3. The van der Waals surface area contributed by atoms with Crippen LogP contribution in [0.2, 0.25) is 0 Å². The van der Waals surface area contributed by atoms with Gasteiger partial charge in [0.15, 0.2) is 0 Å².